The third-order valence-electron chi connectivity index (χ3n) is 4.84. The molecule has 0 unspecified atom stereocenters. The third-order valence-corrected chi connectivity index (χ3v) is 9.38. The molecule has 0 aromatic heterocycles. The molecular formula is C14H31BO4Si. The van der Waals surface area contributed by atoms with E-state index in [1.807, 2.05) is 27.7 Å². The topological polar surface area (TPSA) is 36.9 Å². The maximum Gasteiger partial charge on any atom is 0.640 e. The molecule has 0 spiro atoms. The Hall–Kier alpha value is 0.122. The molecule has 0 bridgehead atoms. The molecule has 0 atom stereocenters. The van der Waals surface area contributed by atoms with E-state index in [0.717, 1.165) is 0 Å². The summed E-state index contributed by atoms with van der Waals surface area (Å²) in [5.74, 6) is 0. The van der Waals surface area contributed by atoms with E-state index < -0.39 is 15.6 Å². The van der Waals surface area contributed by atoms with Crippen molar-refractivity contribution in [2.45, 2.75) is 77.8 Å². The van der Waals surface area contributed by atoms with Gasteiger partial charge in [0.1, 0.15) is 0 Å². The molecule has 1 aliphatic rings. The van der Waals surface area contributed by atoms with E-state index in [2.05, 4.69) is 33.9 Å². The van der Waals surface area contributed by atoms with Gasteiger partial charge in [-0.3, -0.25) is 0 Å². The van der Waals surface area contributed by atoms with Gasteiger partial charge in [-0.25, -0.2) is 0 Å². The lowest BCUT2D eigenvalue weighted by molar-refractivity contribution is 0.00578. The highest BCUT2D eigenvalue weighted by Gasteiger charge is 2.52. The van der Waals surface area contributed by atoms with Crippen LogP contribution in [0.1, 0.15) is 48.5 Å². The molecule has 0 saturated carbocycles. The molecule has 0 amide bonds. The van der Waals surface area contributed by atoms with Crippen LogP contribution in [0.4, 0.5) is 0 Å². The van der Waals surface area contributed by atoms with Crippen LogP contribution in [0.2, 0.25) is 18.1 Å². The number of hydrogen-bond donors (Lipinski definition) is 0. The highest BCUT2D eigenvalue weighted by atomic mass is 28.4. The highest BCUT2D eigenvalue weighted by Crippen LogP contribution is 2.37. The van der Waals surface area contributed by atoms with E-state index in [4.69, 9.17) is 18.4 Å². The molecule has 0 N–H and O–H groups in total. The molecule has 0 radical (unpaired) electrons. The third kappa shape index (κ3) is 4.07. The quantitative estimate of drug-likeness (QED) is 0.574. The normalized spacial score (nSPS) is 22.4. The maximum atomic E-state index is 6.06. The van der Waals surface area contributed by atoms with Crippen LogP contribution < -0.4 is 0 Å². The lowest BCUT2D eigenvalue weighted by atomic mass is 9.90. The zero-order valence-corrected chi connectivity index (χ0v) is 15.6. The Kier molecular flexibility index (Phi) is 5.20. The van der Waals surface area contributed by atoms with E-state index in [9.17, 15) is 0 Å². The summed E-state index contributed by atoms with van der Waals surface area (Å²) >= 11 is 0. The maximum absolute atomic E-state index is 6.06. The van der Waals surface area contributed by atoms with Gasteiger partial charge in [-0.1, -0.05) is 20.8 Å². The van der Waals surface area contributed by atoms with Crippen LogP contribution in [-0.4, -0.2) is 40.1 Å². The van der Waals surface area contributed by atoms with Gasteiger partial charge in [0.25, 0.3) is 0 Å². The van der Waals surface area contributed by atoms with Gasteiger partial charge in [0.05, 0.1) is 24.4 Å². The van der Waals surface area contributed by atoms with Crippen LogP contribution in [0.15, 0.2) is 0 Å². The summed E-state index contributed by atoms with van der Waals surface area (Å²) in [5, 5.41) is 0.220. The Morgan fingerprint density at radius 2 is 1.40 bits per heavy atom. The first-order valence-corrected chi connectivity index (χ1v) is 10.3. The predicted octanol–water partition coefficient (Wildman–Crippen LogP) is 3.61. The second kappa shape index (κ2) is 5.72. The molecular weight excluding hydrogens is 271 g/mol. The first-order chi connectivity index (χ1) is 8.79. The molecule has 1 fully saturated rings. The second-order valence-electron chi connectivity index (χ2n) is 8.02. The largest absolute Gasteiger partial charge is 0.640 e. The predicted molar refractivity (Wildman–Crippen MR) is 85.2 cm³/mol. The minimum absolute atomic E-state index is 0.220. The molecule has 1 rings (SSSR count). The van der Waals surface area contributed by atoms with Gasteiger partial charge in [-0.05, 0) is 45.8 Å². The van der Waals surface area contributed by atoms with Crippen LogP contribution in [0.25, 0.3) is 0 Å². The van der Waals surface area contributed by atoms with Crippen molar-refractivity contribution in [3.05, 3.63) is 0 Å². The summed E-state index contributed by atoms with van der Waals surface area (Å²) in [6, 6.07) is 0. The van der Waals surface area contributed by atoms with Crippen LogP contribution in [0, 0.1) is 0 Å². The van der Waals surface area contributed by atoms with Crippen molar-refractivity contribution in [1.82, 2.24) is 0 Å². The van der Waals surface area contributed by atoms with Crippen LogP contribution >= 0.6 is 0 Å². The molecule has 0 aromatic rings. The van der Waals surface area contributed by atoms with Crippen molar-refractivity contribution in [2.75, 3.05) is 13.2 Å². The first-order valence-electron chi connectivity index (χ1n) is 7.40. The summed E-state index contributed by atoms with van der Waals surface area (Å²) in [5.41, 5.74) is -0.699. The van der Waals surface area contributed by atoms with Crippen molar-refractivity contribution < 1.29 is 18.4 Å². The van der Waals surface area contributed by atoms with Crippen molar-refractivity contribution >= 4 is 15.6 Å². The van der Waals surface area contributed by atoms with Gasteiger partial charge in [0.2, 0.25) is 0 Å². The summed E-state index contributed by atoms with van der Waals surface area (Å²) in [4.78, 5) is 0. The van der Waals surface area contributed by atoms with E-state index in [1.165, 1.54) is 0 Å². The Morgan fingerprint density at radius 3 is 1.80 bits per heavy atom. The Morgan fingerprint density at radius 1 is 0.950 bits per heavy atom. The van der Waals surface area contributed by atoms with Gasteiger partial charge in [0.15, 0.2) is 8.32 Å². The molecule has 0 aliphatic carbocycles. The molecule has 4 nitrogen and oxygen atoms in total. The standard InChI is InChI=1S/C14H31BO4Si/c1-12(2,3)20(8,9)17-11-10-16-15-18-13(4,5)14(6,7)19-15/h10-11H2,1-9H3. The number of rotatable bonds is 5. The fourth-order valence-electron chi connectivity index (χ4n) is 1.51. The van der Waals surface area contributed by atoms with Gasteiger partial charge in [0, 0.05) is 0 Å². The SMILES string of the molecule is CC1(C)OB(OCCO[Si](C)(C)C(C)(C)C)OC1(C)C. The summed E-state index contributed by atoms with van der Waals surface area (Å²) < 4.78 is 23.2. The lowest BCUT2D eigenvalue weighted by Gasteiger charge is -2.36. The summed E-state index contributed by atoms with van der Waals surface area (Å²) in [7, 11) is -2.29. The van der Waals surface area contributed by atoms with E-state index in [1.54, 1.807) is 0 Å². The fourth-order valence-corrected chi connectivity index (χ4v) is 2.54. The second-order valence-corrected chi connectivity index (χ2v) is 12.8. The Labute approximate surface area is 125 Å². The van der Waals surface area contributed by atoms with Gasteiger partial charge in [-0.2, -0.15) is 0 Å². The van der Waals surface area contributed by atoms with E-state index in [0.29, 0.717) is 13.2 Å². The van der Waals surface area contributed by atoms with Crippen LogP contribution in [-0.2, 0) is 18.4 Å². The smallest absolute Gasteiger partial charge is 0.415 e. The molecule has 118 valence electrons. The summed E-state index contributed by atoms with van der Waals surface area (Å²) in [6.07, 6.45) is 0. The van der Waals surface area contributed by atoms with Crippen LogP contribution in [0.5, 0.6) is 0 Å². The van der Waals surface area contributed by atoms with E-state index >= 15 is 0 Å². The highest BCUT2D eigenvalue weighted by molar-refractivity contribution is 6.74. The minimum atomic E-state index is -1.70. The average Bonchev–Trinajstić information content (AvgIpc) is 2.41. The minimum Gasteiger partial charge on any atom is -0.415 e. The fraction of sp³-hybridized carbons (Fsp3) is 1.00. The number of hydrogen-bond acceptors (Lipinski definition) is 4. The molecule has 6 heteroatoms. The molecule has 1 saturated heterocycles. The van der Waals surface area contributed by atoms with Gasteiger partial charge < -0.3 is 18.4 Å². The molecule has 1 heterocycles. The average molecular weight is 302 g/mol. The Bertz CT molecular complexity index is 321. The van der Waals surface area contributed by atoms with Crippen molar-refractivity contribution in [1.29, 1.82) is 0 Å². The van der Waals surface area contributed by atoms with E-state index in [-0.39, 0.29) is 16.2 Å². The van der Waals surface area contributed by atoms with Crippen molar-refractivity contribution in [3.8, 4) is 0 Å². The van der Waals surface area contributed by atoms with Crippen molar-refractivity contribution in [2.24, 2.45) is 0 Å². The molecule has 0 aromatic carbocycles. The van der Waals surface area contributed by atoms with Crippen molar-refractivity contribution in [3.63, 3.8) is 0 Å². The monoisotopic (exact) mass is 302 g/mol. The van der Waals surface area contributed by atoms with Gasteiger partial charge in [-0.15, -0.1) is 0 Å². The first kappa shape index (κ1) is 18.2. The van der Waals surface area contributed by atoms with Gasteiger partial charge >= 0.3 is 7.32 Å². The Balaban J connectivity index is 2.34. The zero-order valence-electron chi connectivity index (χ0n) is 14.6. The summed E-state index contributed by atoms with van der Waals surface area (Å²) in [6.45, 7) is 20.3. The zero-order chi connectivity index (χ0) is 15.8. The lowest BCUT2D eigenvalue weighted by Crippen LogP contribution is -2.41. The molecule has 20 heavy (non-hydrogen) atoms. The van der Waals surface area contributed by atoms with Crippen LogP contribution in [0.3, 0.4) is 0 Å². The molecule has 1 aliphatic heterocycles.